The second-order valence-corrected chi connectivity index (χ2v) is 5.07. The van der Waals surface area contributed by atoms with E-state index in [2.05, 4.69) is 17.2 Å². The average molecular weight is 278 g/mol. The highest BCUT2D eigenvalue weighted by Crippen LogP contribution is 2.24. The normalized spacial score (nSPS) is 16.0. The van der Waals surface area contributed by atoms with Crippen LogP contribution in [0.15, 0.2) is 12.3 Å². The average Bonchev–Trinajstić information content (AvgIpc) is 2.46. The van der Waals surface area contributed by atoms with E-state index in [0.29, 0.717) is 24.8 Å². The lowest BCUT2D eigenvalue weighted by Crippen LogP contribution is -2.38. The van der Waals surface area contributed by atoms with Crippen LogP contribution in [-0.4, -0.2) is 40.9 Å². The van der Waals surface area contributed by atoms with Crippen LogP contribution in [-0.2, 0) is 0 Å². The minimum absolute atomic E-state index is 0.101. The summed E-state index contributed by atoms with van der Waals surface area (Å²) in [7, 11) is 1.66. The number of carbonyl (C=O) groups is 1. The number of amides is 1. The first-order chi connectivity index (χ1) is 9.52. The third-order valence-electron chi connectivity index (χ3n) is 3.64. The van der Waals surface area contributed by atoms with Gasteiger partial charge in [-0.05, 0) is 18.8 Å². The molecular formula is C13H18N4O3. The lowest BCUT2D eigenvalue weighted by Gasteiger charge is -2.30. The SMILES string of the molecule is CNc1cc(C(=O)N2CCC(C)CC2)c([N+](=O)[O-])cn1. The monoisotopic (exact) mass is 278 g/mol. The van der Waals surface area contributed by atoms with Crippen LogP contribution in [0.4, 0.5) is 11.5 Å². The molecule has 2 rings (SSSR count). The Kier molecular flexibility index (Phi) is 4.16. The molecular weight excluding hydrogens is 260 g/mol. The maximum Gasteiger partial charge on any atom is 0.300 e. The van der Waals surface area contributed by atoms with E-state index in [0.717, 1.165) is 19.0 Å². The Hall–Kier alpha value is -2.18. The summed E-state index contributed by atoms with van der Waals surface area (Å²) >= 11 is 0. The van der Waals surface area contributed by atoms with Crippen LogP contribution in [0, 0.1) is 16.0 Å². The van der Waals surface area contributed by atoms with Gasteiger partial charge in [-0.1, -0.05) is 6.92 Å². The van der Waals surface area contributed by atoms with E-state index in [1.165, 1.54) is 6.07 Å². The van der Waals surface area contributed by atoms with Gasteiger partial charge in [0, 0.05) is 26.2 Å². The van der Waals surface area contributed by atoms with E-state index >= 15 is 0 Å². The van der Waals surface area contributed by atoms with Gasteiger partial charge in [-0.25, -0.2) is 4.98 Å². The molecule has 7 nitrogen and oxygen atoms in total. The van der Waals surface area contributed by atoms with E-state index < -0.39 is 4.92 Å². The molecule has 0 radical (unpaired) electrons. The van der Waals surface area contributed by atoms with Gasteiger partial charge >= 0.3 is 0 Å². The number of carbonyl (C=O) groups excluding carboxylic acids is 1. The van der Waals surface area contributed by atoms with E-state index in [-0.39, 0.29) is 17.2 Å². The molecule has 1 aliphatic heterocycles. The molecule has 7 heteroatoms. The smallest absolute Gasteiger partial charge is 0.300 e. The molecule has 0 atom stereocenters. The third-order valence-corrected chi connectivity index (χ3v) is 3.64. The van der Waals surface area contributed by atoms with Crippen LogP contribution < -0.4 is 5.32 Å². The third kappa shape index (κ3) is 2.87. The maximum atomic E-state index is 12.5. The van der Waals surface area contributed by atoms with Crippen LogP contribution in [0.1, 0.15) is 30.1 Å². The van der Waals surface area contributed by atoms with Crippen molar-refractivity contribution in [2.45, 2.75) is 19.8 Å². The number of aromatic nitrogens is 1. The van der Waals surface area contributed by atoms with Gasteiger partial charge in [0.05, 0.1) is 4.92 Å². The fourth-order valence-electron chi connectivity index (χ4n) is 2.28. The molecule has 0 unspecified atom stereocenters. The fourth-order valence-corrected chi connectivity index (χ4v) is 2.28. The quantitative estimate of drug-likeness (QED) is 0.674. The van der Waals surface area contributed by atoms with Gasteiger partial charge in [-0.2, -0.15) is 0 Å². The Bertz CT molecular complexity index is 524. The van der Waals surface area contributed by atoms with Crippen molar-refractivity contribution in [3.8, 4) is 0 Å². The van der Waals surface area contributed by atoms with E-state index in [1.807, 2.05) is 0 Å². The van der Waals surface area contributed by atoms with Crippen LogP contribution in [0.2, 0.25) is 0 Å². The highest BCUT2D eigenvalue weighted by molar-refractivity contribution is 5.98. The van der Waals surface area contributed by atoms with Gasteiger partial charge in [0.2, 0.25) is 0 Å². The molecule has 108 valence electrons. The van der Waals surface area contributed by atoms with Crippen LogP contribution >= 0.6 is 0 Å². The molecule has 0 aliphatic carbocycles. The molecule has 0 bridgehead atoms. The molecule has 1 N–H and O–H groups in total. The van der Waals surface area contributed by atoms with Crippen molar-refractivity contribution >= 4 is 17.4 Å². The molecule has 20 heavy (non-hydrogen) atoms. The molecule has 1 fully saturated rings. The summed E-state index contributed by atoms with van der Waals surface area (Å²) in [4.78, 5) is 28.5. The number of piperidine rings is 1. The van der Waals surface area contributed by atoms with Gasteiger partial charge in [0.15, 0.2) is 0 Å². The second kappa shape index (κ2) is 5.85. The standard InChI is InChI=1S/C13H18N4O3/c1-9-3-5-16(6-4-9)13(18)10-7-12(14-2)15-8-11(10)17(19)20/h7-9H,3-6H2,1-2H3,(H,14,15). The van der Waals surface area contributed by atoms with Crippen LogP contribution in [0.25, 0.3) is 0 Å². The first kappa shape index (κ1) is 14.2. The summed E-state index contributed by atoms with van der Waals surface area (Å²) in [6.45, 7) is 3.44. The summed E-state index contributed by atoms with van der Waals surface area (Å²) in [5, 5.41) is 13.8. The van der Waals surface area contributed by atoms with E-state index in [1.54, 1.807) is 11.9 Å². The molecule has 0 saturated carbocycles. The zero-order chi connectivity index (χ0) is 14.7. The van der Waals surface area contributed by atoms with Gasteiger partial charge in [-0.15, -0.1) is 0 Å². The maximum absolute atomic E-state index is 12.5. The minimum Gasteiger partial charge on any atom is -0.373 e. The van der Waals surface area contributed by atoms with Crippen molar-refractivity contribution in [1.82, 2.24) is 9.88 Å². The number of pyridine rings is 1. The Labute approximate surface area is 117 Å². The van der Waals surface area contributed by atoms with Crippen LogP contribution in [0.5, 0.6) is 0 Å². The molecule has 1 aromatic rings. The molecule has 1 aromatic heterocycles. The number of nitrogens with zero attached hydrogens (tertiary/aromatic N) is 3. The van der Waals surface area contributed by atoms with Crippen molar-refractivity contribution < 1.29 is 9.72 Å². The van der Waals surface area contributed by atoms with E-state index in [9.17, 15) is 14.9 Å². The van der Waals surface area contributed by atoms with Crippen molar-refractivity contribution in [1.29, 1.82) is 0 Å². The number of nitrogens with one attached hydrogen (secondary N) is 1. The molecule has 0 aromatic carbocycles. The summed E-state index contributed by atoms with van der Waals surface area (Å²) in [5.74, 6) is 0.756. The van der Waals surface area contributed by atoms with Crippen LogP contribution in [0.3, 0.4) is 0 Å². The molecule has 0 spiro atoms. The minimum atomic E-state index is -0.563. The zero-order valence-electron chi connectivity index (χ0n) is 11.6. The predicted molar refractivity (Wildman–Crippen MR) is 74.7 cm³/mol. The topological polar surface area (TPSA) is 88.4 Å². The highest BCUT2D eigenvalue weighted by Gasteiger charge is 2.28. The van der Waals surface area contributed by atoms with E-state index in [4.69, 9.17) is 0 Å². The van der Waals surface area contributed by atoms with Crippen molar-refractivity contribution in [2.75, 3.05) is 25.5 Å². The molecule has 1 saturated heterocycles. The number of hydrogen-bond acceptors (Lipinski definition) is 5. The Balaban J connectivity index is 2.30. The first-order valence-corrected chi connectivity index (χ1v) is 6.64. The van der Waals surface area contributed by atoms with Gasteiger partial charge in [-0.3, -0.25) is 14.9 Å². The Morgan fingerprint density at radius 1 is 1.50 bits per heavy atom. The van der Waals surface area contributed by atoms with Gasteiger partial charge in [0.1, 0.15) is 17.6 Å². The molecule has 1 amide bonds. The molecule has 2 heterocycles. The largest absolute Gasteiger partial charge is 0.373 e. The summed E-state index contributed by atoms with van der Waals surface area (Å²) in [6.07, 6.45) is 3.00. The second-order valence-electron chi connectivity index (χ2n) is 5.07. The first-order valence-electron chi connectivity index (χ1n) is 6.64. The number of rotatable bonds is 3. The summed E-state index contributed by atoms with van der Waals surface area (Å²) < 4.78 is 0. The predicted octanol–water partition coefficient (Wildman–Crippen LogP) is 1.90. The lowest BCUT2D eigenvalue weighted by molar-refractivity contribution is -0.385. The van der Waals surface area contributed by atoms with Gasteiger partial charge < -0.3 is 10.2 Å². The molecule has 1 aliphatic rings. The highest BCUT2D eigenvalue weighted by atomic mass is 16.6. The summed E-state index contributed by atoms with van der Waals surface area (Å²) in [5.41, 5.74) is -0.142. The fraction of sp³-hybridized carbons (Fsp3) is 0.538. The number of nitro groups is 1. The number of anilines is 1. The zero-order valence-corrected chi connectivity index (χ0v) is 11.6. The Morgan fingerprint density at radius 2 is 2.15 bits per heavy atom. The van der Waals surface area contributed by atoms with Crippen molar-refractivity contribution in [3.05, 3.63) is 27.9 Å². The number of likely N-dealkylation sites (tertiary alicyclic amines) is 1. The number of hydrogen-bond donors (Lipinski definition) is 1. The van der Waals surface area contributed by atoms with Crippen molar-refractivity contribution in [3.63, 3.8) is 0 Å². The summed E-state index contributed by atoms with van der Waals surface area (Å²) in [6, 6.07) is 1.44. The Morgan fingerprint density at radius 3 is 2.70 bits per heavy atom. The lowest BCUT2D eigenvalue weighted by atomic mass is 9.98. The van der Waals surface area contributed by atoms with Crippen molar-refractivity contribution in [2.24, 2.45) is 5.92 Å². The van der Waals surface area contributed by atoms with Gasteiger partial charge in [0.25, 0.3) is 11.6 Å².